The van der Waals surface area contributed by atoms with Crippen molar-refractivity contribution in [2.45, 2.75) is 13.5 Å². The highest BCUT2D eigenvalue weighted by atomic mass is 35.5. The molecule has 0 spiro atoms. The summed E-state index contributed by atoms with van der Waals surface area (Å²) < 4.78 is 6.94. The number of benzene rings is 1. The molecule has 0 saturated carbocycles. The van der Waals surface area contributed by atoms with Gasteiger partial charge in [0, 0.05) is 18.7 Å². The molecule has 0 aliphatic carbocycles. The molecular weight excluding hydrogens is 290 g/mol. The predicted octanol–water partition coefficient (Wildman–Crippen LogP) is 1.93. The summed E-state index contributed by atoms with van der Waals surface area (Å²) in [5.41, 5.74) is 2.85. The molecule has 2 N–H and O–H groups in total. The summed E-state index contributed by atoms with van der Waals surface area (Å²) in [5.74, 6) is 0. The van der Waals surface area contributed by atoms with Crippen LogP contribution in [0.1, 0.15) is 11.3 Å². The van der Waals surface area contributed by atoms with Crippen LogP contribution in [0.4, 0.5) is 0 Å². The highest BCUT2D eigenvalue weighted by molar-refractivity contribution is 6.30. The molecule has 0 fully saturated rings. The van der Waals surface area contributed by atoms with Gasteiger partial charge in [0.2, 0.25) is 0 Å². The van der Waals surface area contributed by atoms with Crippen LogP contribution in [0.3, 0.4) is 0 Å². The van der Waals surface area contributed by atoms with E-state index in [0.29, 0.717) is 31.5 Å². The van der Waals surface area contributed by atoms with E-state index >= 15 is 0 Å². The molecule has 1 aromatic carbocycles. The van der Waals surface area contributed by atoms with E-state index in [9.17, 15) is 0 Å². The Hall–Kier alpha value is -1.40. The lowest BCUT2D eigenvalue weighted by molar-refractivity contribution is 0.0938. The van der Waals surface area contributed by atoms with Crippen LogP contribution < -0.4 is 5.32 Å². The minimum absolute atomic E-state index is 0.0504. The smallest absolute Gasteiger partial charge is 0.137 e. The second-order valence-corrected chi connectivity index (χ2v) is 4.97. The van der Waals surface area contributed by atoms with Crippen molar-refractivity contribution in [3.63, 3.8) is 0 Å². The van der Waals surface area contributed by atoms with Gasteiger partial charge in [0.25, 0.3) is 0 Å². The first-order chi connectivity index (χ1) is 10.2. The molecule has 2 rings (SSSR count). The van der Waals surface area contributed by atoms with Crippen molar-refractivity contribution >= 4 is 11.6 Å². The molecule has 0 atom stereocenters. The molecule has 6 heteroatoms. The van der Waals surface area contributed by atoms with Crippen LogP contribution in [-0.4, -0.2) is 41.3 Å². The van der Waals surface area contributed by atoms with E-state index < -0.39 is 0 Å². The molecule has 0 amide bonds. The molecule has 2 aromatic rings. The predicted molar refractivity (Wildman–Crippen MR) is 82.9 cm³/mol. The number of halogens is 1. The SMILES string of the molecule is Cc1nn(-c2ccccc2)c(Cl)c1CNCCOCCO. The molecule has 0 aliphatic rings. The fourth-order valence-corrected chi connectivity index (χ4v) is 2.34. The van der Waals surface area contributed by atoms with Crippen LogP contribution >= 0.6 is 11.6 Å². The Morgan fingerprint density at radius 3 is 2.76 bits per heavy atom. The lowest BCUT2D eigenvalue weighted by atomic mass is 10.2. The van der Waals surface area contributed by atoms with Crippen molar-refractivity contribution in [1.82, 2.24) is 15.1 Å². The molecule has 114 valence electrons. The van der Waals surface area contributed by atoms with E-state index in [4.69, 9.17) is 21.4 Å². The Balaban J connectivity index is 1.96. The van der Waals surface area contributed by atoms with Gasteiger partial charge < -0.3 is 15.2 Å². The zero-order valence-electron chi connectivity index (χ0n) is 12.1. The number of nitrogens with one attached hydrogen (secondary N) is 1. The average Bonchev–Trinajstić information content (AvgIpc) is 2.79. The lowest BCUT2D eigenvalue weighted by Gasteiger charge is -2.06. The summed E-state index contributed by atoms with van der Waals surface area (Å²) in [6.07, 6.45) is 0. The number of para-hydroxylation sites is 1. The standard InChI is InChI=1S/C15H20ClN3O2/c1-12-14(11-17-7-9-21-10-8-20)15(16)19(18-12)13-5-3-2-4-6-13/h2-6,17,20H,7-11H2,1H3. The second kappa shape index (κ2) is 8.14. The quantitative estimate of drug-likeness (QED) is 0.732. The number of nitrogens with zero attached hydrogens (tertiary/aromatic N) is 2. The Bertz CT molecular complexity index is 558. The summed E-state index contributed by atoms with van der Waals surface area (Å²) in [6.45, 7) is 4.27. The number of rotatable bonds is 8. The van der Waals surface area contributed by atoms with E-state index in [0.717, 1.165) is 16.9 Å². The Morgan fingerprint density at radius 1 is 1.29 bits per heavy atom. The molecule has 21 heavy (non-hydrogen) atoms. The summed E-state index contributed by atoms with van der Waals surface area (Å²) in [7, 11) is 0. The normalized spacial score (nSPS) is 11.0. The first-order valence-electron chi connectivity index (χ1n) is 6.92. The van der Waals surface area contributed by atoms with Crippen molar-refractivity contribution in [3.05, 3.63) is 46.7 Å². The summed E-state index contributed by atoms with van der Waals surface area (Å²) in [5, 5.41) is 17.0. The minimum Gasteiger partial charge on any atom is -0.394 e. The average molecular weight is 310 g/mol. The monoisotopic (exact) mass is 309 g/mol. The van der Waals surface area contributed by atoms with Gasteiger partial charge in [-0.25, -0.2) is 4.68 Å². The van der Waals surface area contributed by atoms with Crippen LogP contribution in [0.2, 0.25) is 5.15 Å². The number of hydrogen-bond acceptors (Lipinski definition) is 4. The van der Waals surface area contributed by atoms with Gasteiger partial charge in [-0.05, 0) is 19.1 Å². The van der Waals surface area contributed by atoms with Gasteiger partial charge in [0.15, 0.2) is 0 Å². The van der Waals surface area contributed by atoms with Crippen LogP contribution in [0, 0.1) is 6.92 Å². The van der Waals surface area contributed by atoms with Crippen molar-refractivity contribution in [1.29, 1.82) is 0 Å². The van der Waals surface area contributed by atoms with Crippen molar-refractivity contribution in [2.75, 3.05) is 26.4 Å². The third-order valence-corrected chi connectivity index (χ3v) is 3.47. The molecule has 1 heterocycles. The summed E-state index contributed by atoms with van der Waals surface area (Å²) in [6, 6.07) is 9.82. The molecular formula is C15H20ClN3O2. The zero-order valence-corrected chi connectivity index (χ0v) is 12.8. The van der Waals surface area contributed by atoms with E-state index in [1.54, 1.807) is 4.68 Å². The number of aliphatic hydroxyl groups excluding tert-OH is 1. The third kappa shape index (κ3) is 4.28. The Morgan fingerprint density at radius 2 is 2.05 bits per heavy atom. The topological polar surface area (TPSA) is 59.3 Å². The Kier molecular flexibility index (Phi) is 6.20. The molecule has 0 radical (unpaired) electrons. The second-order valence-electron chi connectivity index (χ2n) is 4.61. The zero-order chi connectivity index (χ0) is 15.1. The highest BCUT2D eigenvalue weighted by Crippen LogP contribution is 2.23. The number of aliphatic hydroxyl groups is 1. The molecule has 1 aromatic heterocycles. The van der Waals surface area contributed by atoms with Crippen LogP contribution in [0.25, 0.3) is 5.69 Å². The first-order valence-corrected chi connectivity index (χ1v) is 7.30. The number of ether oxygens (including phenoxy) is 1. The van der Waals surface area contributed by atoms with Gasteiger partial charge in [-0.15, -0.1) is 0 Å². The van der Waals surface area contributed by atoms with Crippen molar-refractivity contribution in [2.24, 2.45) is 0 Å². The fraction of sp³-hybridized carbons (Fsp3) is 0.400. The molecule has 5 nitrogen and oxygen atoms in total. The van der Waals surface area contributed by atoms with E-state index in [2.05, 4.69) is 10.4 Å². The van der Waals surface area contributed by atoms with Crippen molar-refractivity contribution in [3.8, 4) is 5.69 Å². The molecule has 0 aliphatic heterocycles. The Labute approximate surface area is 129 Å². The van der Waals surface area contributed by atoms with Crippen LogP contribution in [0.15, 0.2) is 30.3 Å². The van der Waals surface area contributed by atoms with E-state index in [1.165, 1.54) is 0 Å². The van der Waals surface area contributed by atoms with Crippen LogP contribution in [0.5, 0.6) is 0 Å². The number of aromatic nitrogens is 2. The van der Waals surface area contributed by atoms with Gasteiger partial charge >= 0.3 is 0 Å². The summed E-state index contributed by atoms with van der Waals surface area (Å²) >= 11 is 6.42. The van der Waals surface area contributed by atoms with Crippen molar-refractivity contribution < 1.29 is 9.84 Å². The summed E-state index contributed by atoms with van der Waals surface area (Å²) in [4.78, 5) is 0. The van der Waals surface area contributed by atoms with Crippen LogP contribution in [-0.2, 0) is 11.3 Å². The van der Waals surface area contributed by atoms with Gasteiger partial charge in [-0.1, -0.05) is 29.8 Å². The molecule has 0 unspecified atom stereocenters. The number of aryl methyl sites for hydroxylation is 1. The fourth-order valence-electron chi connectivity index (χ4n) is 2.00. The minimum atomic E-state index is 0.0504. The van der Waals surface area contributed by atoms with Gasteiger partial charge in [-0.3, -0.25) is 0 Å². The lowest BCUT2D eigenvalue weighted by Crippen LogP contribution is -2.20. The van der Waals surface area contributed by atoms with Gasteiger partial charge in [-0.2, -0.15) is 5.10 Å². The maximum absolute atomic E-state index is 8.61. The molecule has 0 bridgehead atoms. The number of hydrogen-bond donors (Lipinski definition) is 2. The first kappa shape index (κ1) is 16.0. The highest BCUT2D eigenvalue weighted by Gasteiger charge is 2.13. The third-order valence-electron chi connectivity index (χ3n) is 3.08. The van der Waals surface area contributed by atoms with E-state index in [-0.39, 0.29) is 6.61 Å². The maximum atomic E-state index is 8.61. The maximum Gasteiger partial charge on any atom is 0.137 e. The largest absolute Gasteiger partial charge is 0.394 e. The van der Waals surface area contributed by atoms with Gasteiger partial charge in [0.1, 0.15) is 5.15 Å². The molecule has 0 saturated heterocycles. The van der Waals surface area contributed by atoms with Gasteiger partial charge in [0.05, 0.1) is 31.2 Å². The van der Waals surface area contributed by atoms with E-state index in [1.807, 2.05) is 37.3 Å².